The highest BCUT2D eigenvalue weighted by atomic mass is 14.7. The second kappa shape index (κ2) is 5.36. The highest BCUT2D eigenvalue weighted by Gasteiger charge is 2.11. The Morgan fingerprint density at radius 2 is 0.931 bits per heavy atom. The normalized spacial score (nSPS) is 12.1. The Kier molecular flexibility index (Phi) is 2.80. The van der Waals surface area contributed by atoms with E-state index >= 15 is 0 Å². The third-order valence-corrected chi connectivity index (χ3v) is 6.27. The van der Waals surface area contributed by atoms with Gasteiger partial charge in [0.25, 0.3) is 0 Å². The highest BCUT2D eigenvalue weighted by molar-refractivity contribution is 6.24. The topological polar surface area (TPSA) is 15.8 Å². The predicted molar refractivity (Wildman–Crippen MR) is 126 cm³/mol. The van der Waals surface area contributed by atoms with E-state index in [1.54, 1.807) is 0 Å². The molecule has 0 amide bonds. The zero-order valence-electron chi connectivity index (χ0n) is 15.7. The van der Waals surface area contributed by atoms with Crippen LogP contribution in [0.5, 0.6) is 0 Å². The standard InChI is InChI=1S/C28H17N/c1-2-7-19-13-23-16-27-25(15-22(23)12-18(19)6-1)28-24-14-20-8-4-3-5-17(20)11-21(24)9-10-26(28)29-27/h1-16,29H. The minimum atomic E-state index is 1.20. The SMILES string of the molecule is c1ccc2cc3cc4c(cc3cc2c1)[nH]c1ccc2cc3ccccc3cc2c14. The predicted octanol–water partition coefficient (Wildman–Crippen LogP) is 7.93. The first kappa shape index (κ1) is 15.1. The lowest BCUT2D eigenvalue weighted by molar-refractivity contribution is 1.56. The monoisotopic (exact) mass is 367 g/mol. The third kappa shape index (κ3) is 2.10. The summed E-state index contributed by atoms with van der Waals surface area (Å²) in [4.78, 5) is 3.66. The first-order valence-corrected chi connectivity index (χ1v) is 10.0. The van der Waals surface area contributed by atoms with Crippen molar-refractivity contribution >= 4 is 64.9 Å². The van der Waals surface area contributed by atoms with Crippen LogP contribution in [0.1, 0.15) is 0 Å². The zero-order valence-corrected chi connectivity index (χ0v) is 15.7. The van der Waals surface area contributed by atoms with Gasteiger partial charge in [-0.15, -0.1) is 0 Å². The molecular formula is C28H17N. The van der Waals surface area contributed by atoms with E-state index in [0.29, 0.717) is 0 Å². The minimum Gasteiger partial charge on any atom is -0.354 e. The fourth-order valence-electron chi connectivity index (χ4n) is 4.86. The summed E-state index contributed by atoms with van der Waals surface area (Å²) in [5.74, 6) is 0. The van der Waals surface area contributed by atoms with E-state index < -0.39 is 0 Å². The molecule has 0 aliphatic heterocycles. The van der Waals surface area contributed by atoms with E-state index in [2.05, 4.69) is 102 Å². The van der Waals surface area contributed by atoms with Gasteiger partial charge in [0.05, 0.1) is 0 Å². The van der Waals surface area contributed by atoms with Crippen LogP contribution >= 0.6 is 0 Å². The summed E-state index contributed by atoms with van der Waals surface area (Å²) >= 11 is 0. The largest absolute Gasteiger partial charge is 0.354 e. The Balaban J connectivity index is 1.66. The molecule has 0 bridgehead atoms. The van der Waals surface area contributed by atoms with Gasteiger partial charge < -0.3 is 4.98 Å². The van der Waals surface area contributed by atoms with E-state index in [0.717, 1.165) is 0 Å². The number of fused-ring (bicyclic) bond motifs is 8. The van der Waals surface area contributed by atoms with Gasteiger partial charge in [-0.3, -0.25) is 0 Å². The molecule has 0 unspecified atom stereocenters. The van der Waals surface area contributed by atoms with E-state index in [1.807, 2.05) is 0 Å². The molecule has 134 valence electrons. The first-order valence-electron chi connectivity index (χ1n) is 10.0. The van der Waals surface area contributed by atoms with Crippen LogP contribution in [0.3, 0.4) is 0 Å². The van der Waals surface area contributed by atoms with Gasteiger partial charge >= 0.3 is 0 Å². The van der Waals surface area contributed by atoms with Gasteiger partial charge in [0.15, 0.2) is 0 Å². The van der Waals surface area contributed by atoms with Gasteiger partial charge in [-0.2, -0.15) is 0 Å². The lowest BCUT2D eigenvalue weighted by Crippen LogP contribution is -1.79. The molecule has 1 N–H and O–H groups in total. The van der Waals surface area contributed by atoms with E-state index in [-0.39, 0.29) is 0 Å². The van der Waals surface area contributed by atoms with Crippen LogP contribution in [0.4, 0.5) is 0 Å². The smallest absolute Gasteiger partial charge is 0.0471 e. The molecule has 0 saturated carbocycles. The van der Waals surface area contributed by atoms with E-state index in [9.17, 15) is 0 Å². The van der Waals surface area contributed by atoms with Gasteiger partial charge in [-0.1, -0.05) is 54.6 Å². The Morgan fingerprint density at radius 3 is 1.62 bits per heavy atom. The van der Waals surface area contributed by atoms with Gasteiger partial charge in [-0.25, -0.2) is 0 Å². The number of hydrogen-bond donors (Lipinski definition) is 1. The molecule has 1 heterocycles. The lowest BCUT2D eigenvalue weighted by atomic mass is 9.97. The van der Waals surface area contributed by atoms with E-state index in [1.165, 1.54) is 64.9 Å². The summed E-state index contributed by atoms with van der Waals surface area (Å²) in [5, 5.41) is 12.9. The second-order valence-electron chi connectivity index (χ2n) is 7.98. The maximum absolute atomic E-state index is 3.66. The number of aromatic amines is 1. The van der Waals surface area contributed by atoms with Crippen LogP contribution in [0.2, 0.25) is 0 Å². The number of rotatable bonds is 0. The van der Waals surface area contributed by atoms with E-state index in [4.69, 9.17) is 0 Å². The number of benzene rings is 6. The van der Waals surface area contributed by atoms with Crippen molar-refractivity contribution in [3.05, 3.63) is 97.1 Å². The average molecular weight is 367 g/mol. The molecule has 1 heteroatoms. The van der Waals surface area contributed by atoms with Crippen molar-refractivity contribution in [3.8, 4) is 0 Å². The molecule has 0 atom stereocenters. The Bertz CT molecular complexity index is 1750. The van der Waals surface area contributed by atoms with Crippen LogP contribution in [0.25, 0.3) is 64.9 Å². The molecule has 0 radical (unpaired) electrons. The third-order valence-electron chi connectivity index (χ3n) is 6.27. The van der Waals surface area contributed by atoms with Crippen molar-refractivity contribution in [2.45, 2.75) is 0 Å². The molecule has 29 heavy (non-hydrogen) atoms. The number of nitrogens with one attached hydrogen (secondary N) is 1. The van der Waals surface area contributed by atoms with Crippen LogP contribution in [-0.2, 0) is 0 Å². The number of hydrogen-bond acceptors (Lipinski definition) is 0. The second-order valence-corrected chi connectivity index (χ2v) is 7.98. The lowest BCUT2D eigenvalue weighted by Gasteiger charge is -2.05. The van der Waals surface area contributed by atoms with Crippen molar-refractivity contribution in [2.75, 3.05) is 0 Å². The van der Waals surface area contributed by atoms with Crippen LogP contribution in [0.15, 0.2) is 97.1 Å². The highest BCUT2D eigenvalue weighted by Crippen LogP contribution is 2.37. The summed E-state index contributed by atoms with van der Waals surface area (Å²) in [6, 6.07) is 35.5. The molecule has 6 aromatic carbocycles. The zero-order chi connectivity index (χ0) is 18.9. The number of H-pyrrole nitrogens is 1. The fraction of sp³-hybridized carbons (Fsp3) is 0. The van der Waals surface area contributed by atoms with Gasteiger partial charge in [0, 0.05) is 21.8 Å². The minimum absolute atomic E-state index is 1.20. The van der Waals surface area contributed by atoms with Crippen molar-refractivity contribution in [3.63, 3.8) is 0 Å². The summed E-state index contributed by atoms with van der Waals surface area (Å²) in [5.41, 5.74) is 2.39. The maximum Gasteiger partial charge on any atom is 0.0471 e. The van der Waals surface area contributed by atoms with Crippen LogP contribution < -0.4 is 0 Å². The van der Waals surface area contributed by atoms with Crippen molar-refractivity contribution in [1.82, 2.24) is 4.98 Å². The summed E-state index contributed by atoms with van der Waals surface area (Å²) in [6.45, 7) is 0. The molecule has 0 spiro atoms. The summed E-state index contributed by atoms with van der Waals surface area (Å²) in [7, 11) is 0. The van der Waals surface area contributed by atoms with Crippen molar-refractivity contribution in [1.29, 1.82) is 0 Å². The van der Waals surface area contributed by atoms with Crippen LogP contribution in [0, 0.1) is 0 Å². The molecule has 1 aromatic heterocycles. The average Bonchev–Trinajstić information content (AvgIpc) is 3.12. The first-order chi connectivity index (χ1) is 14.3. The molecule has 0 fully saturated rings. The summed E-state index contributed by atoms with van der Waals surface area (Å²) in [6.07, 6.45) is 0. The van der Waals surface area contributed by atoms with Crippen molar-refractivity contribution in [2.24, 2.45) is 0 Å². The molecule has 1 nitrogen and oxygen atoms in total. The number of aromatic nitrogens is 1. The van der Waals surface area contributed by atoms with Gasteiger partial charge in [0.2, 0.25) is 0 Å². The molecule has 7 rings (SSSR count). The Labute approximate surface area is 167 Å². The van der Waals surface area contributed by atoms with Gasteiger partial charge in [0.1, 0.15) is 0 Å². The maximum atomic E-state index is 3.66. The van der Waals surface area contributed by atoms with Gasteiger partial charge in [-0.05, 0) is 85.6 Å². The Hall–Kier alpha value is -3.84. The molecular weight excluding hydrogens is 350 g/mol. The quantitative estimate of drug-likeness (QED) is 0.262. The van der Waals surface area contributed by atoms with Crippen LogP contribution in [-0.4, -0.2) is 4.98 Å². The molecule has 7 aromatic rings. The summed E-state index contributed by atoms with van der Waals surface area (Å²) < 4.78 is 0. The molecule has 0 aliphatic carbocycles. The fourth-order valence-corrected chi connectivity index (χ4v) is 4.86. The molecule has 0 aliphatic rings. The van der Waals surface area contributed by atoms with Crippen molar-refractivity contribution < 1.29 is 0 Å². The Morgan fingerprint density at radius 1 is 0.379 bits per heavy atom. The molecule has 0 saturated heterocycles.